The van der Waals surface area contributed by atoms with Crippen LogP contribution in [0.2, 0.25) is 0 Å². The summed E-state index contributed by atoms with van der Waals surface area (Å²) in [6.45, 7) is 1.68. The molecule has 0 amide bonds. The number of carbonyl (C=O) groups excluding carboxylic acids is 2. The molecule has 0 spiro atoms. The Bertz CT molecular complexity index is 1300. The van der Waals surface area contributed by atoms with E-state index in [9.17, 15) is 14.0 Å². The summed E-state index contributed by atoms with van der Waals surface area (Å²) in [5.74, 6) is 0.0827. The number of hydrogen-bond donors (Lipinski definition) is 0. The van der Waals surface area contributed by atoms with E-state index in [-0.39, 0.29) is 28.6 Å². The van der Waals surface area contributed by atoms with Crippen molar-refractivity contribution in [1.29, 1.82) is 0 Å². The van der Waals surface area contributed by atoms with Gasteiger partial charge in [-0.1, -0.05) is 12.1 Å². The minimum atomic E-state index is -0.665. The number of ether oxygens (including phenoxy) is 5. The predicted octanol–water partition coefficient (Wildman–Crippen LogP) is 5.00. The number of halogens is 1. The average molecular weight is 464 g/mol. The van der Waals surface area contributed by atoms with Crippen LogP contribution in [0.4, 0.5) is 4.39 Å². The van der Waals surface area contributed by atoms with Crippen LogP contribution in [0.25, 0.3) is 6.08 Å². The number of Topliss-reactive ketones (excluding diaryl/α,β-unsaturated/α-hetero) is 1. The summed E-state index contributed by atoms with van der Waals surface area (Å²) in [5.41, 5.74) is 1.46. The molecule has 1 heterocycles. The van der Waals surface area contributed by atoms with E-state index in [1.807, 2.05) is 0 Å². The van der Waals surface area contributed by atoms with Crippen LogP contribution in [-0.2, 0) is 0 Å². The fraction of sp³-hybridized carbons (Fsp3) is 0.154. The number of esters is 1. The molecule has 7 nitrogen and oxygen atoms in total. The van der Waals surface area contributed by atoms with Crippen LogP contribution >= 0.6 is 0 Å². The smallest absolute Gasteiger partial charge is 0.343 e. The molecule has 4 rings (SSSR count). The van der Waals surface area contributed by atoms with Crippen LogP contribution in [0.3, 0.4) is 0 Å². The Morgan fingerprint density at radius 1 is 0.941 bits per heavy atom. The maximum absolute atomic E-state index is 13.5. The molecule has 3 aromatic rings. The SMILES string of the molecule is COc1cc(C(=O)Oc2ccc3c(c2C)O/C(=C\c2cccc(F)c2)C3=O)cc(OC)c1OC. The number of benzene rings is 3. The number of hydrogen-bond acceptors (Lipinski definition) is 7. The maximum Gasteiger partial charge on any atom is 0.343 e. The highest BCUT2D eigenvalue weighted by Crippen LogP contribution is 2.41. The van der Waals surface area contributed by atoms with Gasteiger partial charge < -0.3 is 23.7 Å². The molecular weight excluding hydrogens is 443 g/mol. The molecule has 0 saturated carbocycles. The van der Waals surface area contributed by atoms with Gasteiger partial charge in [-0.3, -0.25) is 4.79 Å². The molecule has 1 aliphatic heterocycles. The normalized spacial score (nSPS) is 13.3. The third kappa shape index (κ3) is 4.17. The Morgan fingerprint density at radius 3 is 2.26 bits per heavy atom. The quantitative estimate of drug-likeness (QED) is 0.289. The lowest BCUT2D eigenvalue weighted by molar-refractivity contribution is 0.0732. The average Bonchev–Trinajstić information content (AvgIpc) is 3.15. The first-order chi connectivity index (χ1) is 16.4. The first-order valence-electron chi connectivity index (χ1n) is 10.2. The maximum atomic E-state index is 13.5. The highest BCUT2D eigenvalue weighted by Gasteiger charge is 2.31. The molecule has 3 aromatic carbocycles. The zero-order valence-electron chi connectivity index (χ0n) is 18.9. The van der Waals surface area contributed by atoms with Crippen LogP contribution in [0.1, 0.15) is 31.8 Å². The van der Waals surface area contributed by atoms with Crippen molar-refractivity contribution in [2.75, 3.05) is 21.3 Å². The second-order valence-corrected chi connectivity index (χ2v) is 7.36. The van der Waals surface area contributed by atoms with Gasteiger partial charge in [-0.25, -0.2) is 9.18 Å². The third-order valence-electron chi connectivity index (χ3n) is 5.29. The molecule has 8 heteroatoms. The van der Waals surface area contributed by atoms with Crippen LogP contribution in [-0.4, -0.2) is 33.1 Å². The Morgan fingerprint density at radius 2 is 1.65 bits per heavy atom. The Balaban J connectivity index is 1.62. The molecule has 0 unspecified atom stereocenters. The second-order valence-electron chi connectivity index (χ2n) is 7.36. The van der Waals surface area contributed by atoms with Gasteiger partial charge in [0, 0.05) is 5.56 Å². The summed E-state index contributed by atoms with van der Waals surface area (Å²) in [7, 11) is 4.35. The van der Waals surface area contributed by atoms with Crippen LogP contribution < -0.4 is 23.7 Å². The highest BCUT2D eigenvalue weighted by molar-refractivity contribution is 6.15. The lowest BCUT2D eigenvalue weighted by atomic mass is 10.1. The van der Waals surface area contributed by atoms with Gasteiger partial charge in [0.05, 0.1) is 32.5 Å². The molecule has 174 valence electrons. The Hall–Kier alpha value is -4.33. The molecule has 0 radical (unpaired) electrons. The van der Waals surface area contributed by atoms with Crippen molar-refractivity contribution in [3.05, 3.63) is 82.4 Å². The molecule has 0 fully saturated rings. The molecule has 34 heavy (non-hydrogen) atoms. The fourth-order valence-corrected chi connectivity index (χ4v) is 3.58. The standard InChI is InChI=1S/C26H21FO7/c1-14-19(34-26(29)16-12-21(30-2)25(32-4)22(13-16)31-3)9-8-18-23(28)20(33-24(14)18)11-15-6-5-7-17(27)10-15/h5-13H,1-4H3/b20-11-. The van der Waals surface area contributed by atoms with Crippen molar-refractivity contribution in [1.82, 2.24) is 0 Å². The molecular formula is C26H21FO7. The van der Waals surface area contributed by atoms with Crippen LogP contribution in [0, 0.1) is 12.7 Å². The van der Waals surface area contributed by atoms with Gasteiger partial charge >= 0.3 is 5.97 Å². The summed E-state index contributed by atoms with van der Waals surface area (Å²) < 4.78 is 40.7. The van der Waals surface area contributed by atoms with E-state index in [2.05, 4.69) is 0 Å². The van der Waals surface area contributed by atoms with Gasteiger partial charge in [-0.05, 0) is 55.0 Å². The summed E-state index contributed by atoms with van der Waals surface area (Å²) in [4.78, 5) is 25.6. The number of carbonyl (C=O) groups is 2. The van der Waals surface area contributed by atoms with Gasteiger partial charge in [0.2, 0.25) is 11.5 Å². The molecule has 1 aliphatic rings. The Kier molecular flexibility index (Phi) is 6.23. The molecule has 0 aromatic heterocycles. The summed E-state index contributed by atoms with van der Waals surface area (Å²) in [5, 5.41) is 0. The molecule has 0 aliphatic carbocycles. The summed E-state index contributed by atoms with van der Waals surface area (Å²) >= 11 is 0. The van der Waals surface area contributed by atoms with Crippen molar-refractivity contribution in [3.8, 4) is 28.7 Å². The lowest BCUT2D eigenvalue weighted by Gasteiger charge is -2.14. The summed E-state index contributed by atoms with van der Waals surface area (Å²) in [6.07, 6.45) is 1.46. The van der Waals surface area contributed by atoms with Gasteiger partial charge in [0.15, 0.2) is 17.3 Å². The predicted molar refractivity (Wildman–Crippen MR) is 122 cm³/mol. The fourth-order valence-electron chi connectivity index (χ4n) is 3.58. The molecule has 0 N–H and O–H groups in total. The van der Waals surface area contributed by atoms with Gasteiger partial charge in [-0.2, -0.15) is 0 Å². The number of allylic oxidation sites excluding steroid dienone is 1. The van der Waals surface area contributed by atoms with E-state index >= 15 is 0 Å². The van der Waals surface area contributed by atoms with Crippen molar-refractivity contribution >= 4 is 17.8 Å². The van der Waals surface area contributed by atoms with Gasteiger partial charge in [-0.15, -0.1) is 0 Å². The van der Waals surface area contributed by atoms with E-state index in [1.165, 1.54) is 63.8 Å². The minimum absolute atomic E-state index is 0.0526. The number of methoxy groups -OCH3 is 3. The van der Waals surface area contributed by atoms with Crippen molar-refractivity contribution in [3.63, 3.8) is 0 Å². The lowest BCUT2D eigenvalue weighted by Crippen LogP contribution is -2.10. The third-order valence-corrected chi connectivity index (χ3v) is 5.29. The monoisotopic (exact) mass is 464 g/mol. The van der Waals surface area contributed by atoms with Crippen LogP contribution in [0.15, 0.2) is 54.3 Å². The van der Waals surface area contributed by atoms with E-state index in [0.29, 0.717) is 33.9 Å². The van der Waals surface area contributed by atoms with E-state index < -0.39 is 11.8 Å². The van der Waals surface area contributed by atoms with Crippen LogP contribution in [0.5, 0.6) is 28.7 Å². The molecule has 0 bridgehead atoms. The minimum Gasteiger partial charge on any atom is -0.493 e. The first-order valence-corrected chi connectivity index (χ1v) is 10.2. The number of fused-ring (bicyclic) bond motifs is 1. The number of rotatable bonds is 6. The number of ketones is 1. The van der Waals surface area contributed by atoms with E-state index in [4.69, 9.17) is 23.7 Å². The van der Waals surface area contributed by atoms with E-state index in [0.717, 1.165) is 0 Å². The topological polar surface area (TPSA) is 80.3 Å². The summed E-state index contributed by atoms with van der Waals surface area (Å²) in [6, 6.07) is 11.8. The van der Waals surface area contributed by atoms with Crippen molar-refractivity contribution in [2.24, 2.45) is 0 Å². The highest BCUT2D eigenvalue weighted by atomic mass is 19.1. The van der Waals surface area contributed by atoms with Crippen molar-refractivity contribution in [2.45, 2.75) is 6.92 Å². The first kappa shape index (κ1) is 22.8. The second kappa shape index (κ2) is 9.27. The van der Waals surface area contributed by atoms with Gasteiger partial charge in [0.25, 0.3) is 0 Å². The van der Waals surface area contributed by atoms with Gasteiger partial charge in [0.1, 0.15) is 17.3 Å². The molecule has 0 atom stereocenters. The largest absolute Gasteiger partial charge is 0.493 e. The van der Waals surface area contributed by atoms with E-state index in [1.54, 1.807) is 19.1 Å². The Labute approximate surface area is 195 Å². The zero-order valence-corrected chi connectivity index (χ0v) is 18.9. The molecule has 0 saturated heterocycles. The zero-order chi connectivity index (χ0) is 24.4. The van der Waals surface area contributed by atoms with Crippen molar-refractivity contribution < 1.29 is 37.7 Å².